The quantitative estimate of drug-likeness (QED) is 0.828. The summed E-state index contributed by atoms with van der Waals surface area (Å²) in [5, 5.41) is 2.45. The first-order valence-corrected chi connectivity index (χ1v) is 6.13. The Labute approximate surface area is 106 Å². The lowest BCUT2D eigenvalue weighted by molar-refractivity contribution is -0.124. The van der Waals surface area contributed by atoms with Crippen LogP contribution in [0.25, 0.3) is 6.08 Å². The van der Waals surface area contributed by atoms with Gasteiger partial charge in [-0.3, -0.25) is 9.59 Å². The van der Waals surface area contributed by atoms with Crippen molar-refractivity contribution in [1.29, 1.82) is 0 Å². The number of rotatable bonds is 4. The molecule has 3 N–H and O–H groups in total. The smallest absolute Gasteiger partial charge is 0.244 e. The average molecular weight is 303 g/mol. The summed E-state index contributed by atoms with van der Waals surface area (Å²) in [5.41, 5.74) is 5.01. The van der Waals surface area contributed by atoms with E-state index in [9.17, 15) is 9.59 Å². The first kappa shape index (κ1) is 12.9. The zero-order valence-electron chi connectivity index (χ0n) is 8.57. The van der Waals surface area contributed by atoms with Crippen molar-refractivity contribution < 1.29 is 9.59 Å². The van der Waals surface area contributed by atoms with Gasteiger partial charge in [0, 0.05) is 11.0 Å². The lowest BCUT2D eigenvalue weighted by Gasteiger charge is -2.06. The minimum atomic E-state index is -0.660. The van der Waals surface area contributed by atoms with Crippen molar-refractivity contribution in [3.63, 3.8) is 0 Å². The van der Waals surface area contributed by atoms with Crippen LogP contribution in [0.3, 0.4) is 0 Å². The zero-order chi connectivity index (χ0) is 12.1. The first-order chi connectivity index (χ1) is 7.49. The monoisotopic (exact) mass is 302 g/mol. The standard InChI is InChI=1S/C10H11BrN2O2S/c1-6(10(12)15)13-9(14)5-3-7-2-4-8(11)16-7/h2-6H,1H3,(H2,12,15)(H,13,14)/b5-3+. The van der Waals surface area contributed by atoms with Gasteiger partial charge in [-0.25, -0.2) is 0 Å². The molecule has 0 aliphatic carbocycles. The predicted octanol–water partition coefficient (Wildman–Crippen LogP) is 1.51. The van der Waals surface area contributed by atoms with Crippen LogP contribution in [0.2, 0.25) is 0 Å². The van der Waals surface area contributed by atoms with Crippen molar-refractivity contribution in [3.8, 4) is 0 Å². The Balaban J connectivity index is 2.51. The van der Waals surface area contributed by atoms with Gasteiger partial charge in [-0.1, -0.05) is 0 Å². The van der Waals surface area contributed by atoms with Crippen LogP contribution in [0.4, 0.5) is 0 Å². The Morgan fingerprint density at radius 1 is 1.56 bits per heavy atom. The molecular formula is C10H11BrN2O2S. The van der Waals surface area contributed by atoms with Gasteiger partial charge >= 0.3 is 0 Å². The molecule has 0 saturated carbocycles. The number of thiophene rings is 1. The number of halogens is 1. The Bertz CT molecular complexity index is 428. The minimum absolute atomic E-state index is 0.337. The number of hydrogen-bond donors (Lipinski definition) is 2. The number of nitrogens with two attached hydrogens (primary N) is 1. The van der Waals surface area contributed by atoms with Crippen molar-refractivity contribution >= 4 is 45.2 Å². The van der Waals surface area contributed by atoms with E-state index in [0.29, 0.717) is 0 Å². The SMILES string of the molecule is CC(NC(=O)/C=C/c1ccc(Br)s1)C(N)=O. The van der Waals surface area contributed by atoms with Crippen LogP contribution in [-0.4, -0.2) is 17.9 Å². The van der Waals surface area contributed by atoms with Crippen LogP contribution in [0.1, 0.15) is 11.8 Å². The molecule has 1 unspecified atom stereocenters. The Kier molecular flexibility index (Phi) is 4.70. The van der Waals surface area contributed by atoms with E-state index in [1.165, 1.54) is 24.3 Å². The van der Waals surface area contributed by atoms with Gasteiger partial charge in [-0.05, 0) is 41.1 Å². The van der Waals surface area contributed by atoms with E-state index in [1.807, 2.05) is 12.1 Å². The van der Waals surface area contributed by atoms with E-state index in [2.05, 4.69) is 21.2 Å². The molecule has 0 radical (unpaired) electrons. The lowest BCUT2D eigenvalue weighted by atomic mass is 10.3. The molecule has 0 fully saturated rings. The van der Waals surface area contributed by atoms with E-state index in [1.54, 1.807) is 6.08 Å². The number of nitrogens with one attached hydrogen (secondary N) is 1. The summed E-state index contributed by atoms with van der Waals surface area (Å²) in [5.74, 6) is -0.892. The van der Waals surface area contributed by atoms with Crippen LogP contribution in [0.5, 0.6) is 0 Å². The van der Waals surface area contributed by atoms with Crippen molar-refractivity contribution in [3.05, 3.63) is 26.9 Å². The second kappa shape index (κ2) is 5.81. The molecule has 1 atom stereocenters. The van der Waals surface area contributed by atoms with Crippen LogP contribution in [0, 0.1) is 0 Å². The summed E-state index contributed by atoms with van der Waals surface area (Å²) in [7, 11) is 0. The minimum Gasteiger partial charge on any atom is -0.368 e. The van der Waals surface area contributed by atoms with E-state index < -0.39 is 11.9 Å². The fourth-order valence-electron chi connectivity index (χ4n) is 0.908. The summed E-state index contributed by atoms with van der Waals surface area (Å²) < 4.78 is 0.998. The molecule has 1 rings (SSSR count). The number of primary amides is 1. The maximum absolute atomic E-state index is 11.3. The molecule has 0 aromatic carbocycles. The van der Waals surface area contributed by atoms with Gasteiger partial charge in [0.25, 0.3) is 0 Å². The maximum atomic E-state index is 11.3. The predicted molar refractivity (Wildman–Crippen MR) is 67.9 cm³/mol. The van der Waals surface area contributed by atoms with Gasteiger partial charge in [0.2, 0.25) is 11.8 Å². The largest absolute Gasteiger partial charge is 0.368 e. The second-order valence-electron chi connectivity index (χ2n) is 3.11. The highest BCUT2D eigenvalue weighted by atomic mass is 79.9. The average Bonchev–Trinajstić information content (AvgIpc) is 2.61. The molecule has 4 nitrogen and oxygen atoms in total. The summed E-state index contributed by atoms with van der Waals surface area (Å²) in [4.78, 5) is 23.0. The molecule has 0 bridgehead atoms. The fourth-order valence-corrected chi connectivity index (χ4v) is 2.23. The van der Waals surface area contributed by atoms with Crippen molar-refractivity contribution in [2.45, 2.75) is 13.0 Å². The van der Waals surface area contributed by atoms with E-state index in [0.717, 1.165) is 8.66 Å². The molecule has 86 valence electrons. The Morgan fingerprint density at radius 3 is 2.75 bits per heavy atom. The van der Waals surface area contributed by atoms with Crippen molar-refractivity contribution in [2.24, 2.45) is 5.73 Å². The summed E-state index contributed by atoms with van der Waals surface area (Å²) in [6, 6.07) is 3.12. The summed E-state index contributed by atoms with van der Waals surface area (Å²) in [6.45, 7) is 1.54. The van der Waals surface area contributed by atoms with Crippen LogP contribution >= 0.6 is 27.3 Å². The van der Waals surface area contributed by atoms with E-state index >= 15 is 0 Å². The van der Waals surface area contributed by atoms with Gasteiger partial charge in [0.15, 0.2) is 0 Å². The molecular weight excluding hydrogens is 292 g/mol. The van der Waals surface area contributed by atoms with Crippen molar-refractivity contribution in [1.82, 2.24) is 5.32 Å². The highest BCUT2D eigenvalue weighted by molar-refractivity contribution is 9.11. The summed E-state index contributed by atoms with van der Waals surface area (Å²) in [6.07, 6.45) is 3.05. The summed E-state index contributed by atoms with van der Waals surface area (Å²) >= 11 is 4.83. The molecule has 0 aliphatic heterocycles. The van der Waals surface area contributed by atoms with Gasteiger partial charge in [-0.2, -0.15) is 0 Å². The second-order valence-corrected chi connectivity index (χ2v) is 5.60. The fraction of sp³-hybridized carbons (Fsp3) is 0.200. The highest BCUT2D eigenvalue weighted by Gasteiger charge is 2.09. The van der Waals surface area contributed by atoms with Gasteiger partial charge in [0.05, 0.1) is 3.79 Å². The normalized spacial score (nSPS) is 12.6. The Morgan fingerprint density at radius 2 is 2.25 bits per heavy atom. The van der Waals surface area contributed by atoms with E-state index in [4.69, 9.17) is 5.73 Å². The van der Waals surface area contributed by atoms with Crippen LogP contribution in [-0.2, 0) is 9.59 Å². The molecule has 16 heavy (non-hydrogen) atoms. The molecule has 1 heterocycles. The highest BCUT2D eigenvalue weighted by Crippen LogP contribution is 2.22. The zero-order valence-corrected chi connectivity index (χ0v) is 11.0. The van der Waals surface area contributed by atoms with Gasteiger partial charge < -0.3 is 11.1 Å². The topological polar surface area (TPSA) is 72.2 Å². The lowest BCUT2D eigenvalue weighted by Crippen LogP contribution is -2.41. The van der Waals surface area contributed by atoms with Crippen molar-refractivity contribution in [2.75, 3.05) is 0 Å². The van der Waals surface area contributed by atoms with E-state index in [-0.39, 0.29) is 5.91 Å². The molecule has 0 saturated heterocycles. The van der Waals surface area contributed by atoms with Crippen LogP contribution in [0.15, 0.2) is 22.0 Å². The number of carbonyl (C=O) groups excluding carboxylic acids is 2. The number of amides is 2. The van der Waals surface area contributed by atoms with Gasteiger partial charge in [0.1, 0.15) is 6.04 Å². The third-order valence-corrected chi connectivity index (χ3v) is 3.37. The van der Waals surface area contributed by atoms with Crippen LogP contribution < -0.4 is 11.1 Å². The van der Waals surface area contributed by atoms with Gasteiger partial charge in [-0.15, -0.1) is 11.3 Å². The Hall–Kier alpha value is -1.14. The molecule has 1 aromatic rings. The number of hydrogen-bond acceptors (Lipinski definition) is 3. The molecule has 0 spiro atoms. The molecule has 0 aliphatic rings. The molecule has 6 heteroatoms. The number of carbonyl (C=O) groups is 2. The maximum Gasteiger partial charge on any atom is 0.244 e. The first-order valence-electron chi connectivity index (χ1n) is 4.52. The third kappa shape index (κ3) is 4.16. The molecule has 2 amide bonds. The molecule has 1 aromatic heterocycles. The third-order valence-electron chi connectivity index (χ3n) is 1.78.